The van der Waals surface area contributed by atoms with Crippen molar-refractivity contribution in [2.75, 3.05) is 5.32 Å². The van der Waals surface area contributed by atoms with Gasteiger partial charge in [0.1, 0.15) is 11.6 Å². The van der Waals surface area contributed by atoms with Gasteiger partial charge >= 0.3 is 5.76 Å². The van der Waals surface area contributed by atoms with Crippen molar-refractivity contribution in [2.24, 2.45) is 0 Å². The molecule has 23 heavy (non-hydrogen) atoms. The smallest absolute Gasteiger partial charge is 0.407 e. The summed E-state index contributed by atoms with van der Waals surface area (Å²) in [6.45, 7) is 1.44. The zero-order valence-corrected chi connectivity index (χ0v) is 12.5. The minimum atomic E-state index is -0.774. The fourth-order valence-corrected chi connectivity index (χ4v) is 2.58. The molecule has 2 heterocycles. The number of amides is 1. The van der Waals surface area contributed by atoms with E-state index in [9.17, 15) is 19.7 Å². The van der Waals surface area contributed by atoms with Crippen LogP contribution in [0.15, 0.2) is 27.4 Å². The molecule has 11 heteroatoms. The Kier molecular flexibility index (Phi) is 3.62. The minimum absolute atomic E-state index is 0.0451. The molecule has 0 radical (unpaired) electrons. The molecule has 2 aromatic heterocycles. The van der Waals surface area contributed by atoms with E-state index in [-0.39, 0.29) is 17.8 Å². The highest BCUT2D eigenvalue weighted by Gasteiger charge is 2.16. The van der Waals surface area contributed by atoms with Crippen molar-refractivity contribution >= 4 is 39.2 Å². The molecule has 1 aromatic carbocycles. The maximum Gasteiger partial charge on any atom is 0.420 e. The van der Waals surface area contributed by atoms with Gasteiger partial charge in [-0.15, -0.1) is 10.2 Å². The molecule has 0 bridgehead atoms. The van der Waals surface area contributed by atoms with Crippen molar-refractivity contribution in [1.82, 2.24) is 14.8 Å². The summed E-state index contributed by atoms with van der Waals surface area (Å²) in [6, 6.07) is 3.74. The number of aryl methyl sites for hydroxylation is 1. The molecule has 10 nitrogen and oxygen atoms in total. The number of rotatable bonds is 4. The van der Waals surface area contributed by atoms with Crippen LogP contribution in [0.3, 0.4) is 0 Å². The van der Waals surface area contributed by atoms with Crippen LogP contribution in [0.5, 0.6) is 0 Å². The highest BCUT2D eigenvalue weighted by Crippen LogP contribution is 2.20. The first kappa shape index (κ1) is 14.8. The lowest BCUT2D eigenvalue weighted by Gasteiger charge is -2.02. The quantitative estimate of drug-likeness (QED) is 0.561. The molecule has 0 fully saturated rings. The largest absolute Gasteiger partial charge is 0.420 e. The number of fused-ring (bicyclic) bond motifs is 1. The fraction of sp³-hybridized carbons (Fsp3) is 0.167. The second kappa shape index (κ2) is 5.61. The summed E-state index contributed by atoms with van der Waals surface area (Å²) in [4.78, 5) is 33.9. The summed E-state index contributed by atoms with van der Waals surface area (Å²) in [5.74, 6) is -1.26. The van der Waals surface area contributed by atoms with Crippen LogP contribution < -0.4 is 11.1 Å². The number of nitro groups is 1. The molecule has 1 amide bonds. The molecule has 1 N–H and O–H groups in total. The van der Waals surface area contributed by atoms with Gasteiger partial charge in [0.25, 0.3) is 5.69 Å². The number of non-ortho nitro benzene ring substituents is 1. The molecule has 0 saturated heterocycles. The van der Waals surface area contributed by atoms with Gasteiger partial charge in [-0.1, -0.05) is 11.3 Å². The number of hydrogen-bond acceptors (Lipinski definition) is 8. The first-order chi connectivity index (χ1) is 10.9. The number of oxazole rings is 1. The number of nitrogens with zero attached hydrogens (tertiary/aromatic N) is 4. The number of hydrogen-bond donors (Lipinski definition) is 1. The van der Waals surface area contributed by atoms with Gasteiger partial charge in [-0.05, 0) is 13.0 Å². The lowest BCUT2D eigenvalue weighted by molar-refractivity contribution is -0.384. The average molecular weight is 335 g/mol. The molecule has 0 saturated carbocycles. The predicted molar refractivity (Wildman–Crippen MR) is 80.4 cm³/mol. The van der Waals surface area contributed by atoms with Gasteiger partial charge < -0.3 is 4.42 Å². The van der Waals surface area contributed by atoms with Crippen LogP contribution in [-0.4, -0.2) is 25.6 Å². The Morgan fingerprint density at radius 1 is 1.48 bits per heavy atom. The molecule has 118 valence electrons. The van der Waals surface area contributed by atoms with Gasteiger partial charge in [0.2, 0.25) is 11.0 Å². The normalized spacial score (nSPS) is 10.8. The standard InChI is InChI=1S/C12H9N5O5S/c1-6-14-15-11(23-6)13-10(18)5-16-8-3-2-7(17(20)21)4-9(8)22-12(16)19/h2-4H,5H2,1H3,(H,13,15,18). The first-order valence-corrected chi connectivity index (χ1v) is 7.13. The van der Waals surface area contributed by atoms with Crippen molar-refractivity contribution in [3.8, 4) is 0 Å². The highest BCUT2D eigenvalue weighted by atomic mass is 32.1. The zero-order chi connectivity index (χ0) is 16.6. The van der Waals surface area contributed by atoms with Crippen molar-refractivity contribution in [3.05, 3.63) is 43.9 Å². The summed E-state index contributed by atoms with van der Waals surface area (Å²) in [5.41, 5.74) is 0.139. The highest BCUT2D eigenvalue weighted by molar-refractivity contribution is 7.15. The Morgan fingerprint density at radius 3 is 2.91 bits per heavy atom. The lowest BCUT2D eigenvalue weighted by Crippen LogP contribution is -2.24. The number of anilines is 1. The van der Waals surface area contributed by atoms with Gasteiger partial charge in [0, 0.05) is 6.07 Å². The second-order valence-electron chi connectivity index (χ2n) is 4.54. The third-order valence-corrected chi connectivity index (χ3v) is 3.69. The summed E-state index contributed by atoms with van der Waals surface area (Å²) >= 11 is 1.20. The summed E-state index contributed by atoms with van der Waals surface area (Å²) < 4.78 is 6.03. The number of carbonyl (C=O) groups is 1. The Hall–Kier alpha value is -3.08. The predicted octanol–water partition coefficient (Wildman–Crippen LogP) is 1.30. The topological polar surface area (TPSA) is 133 Å². The summed E-state index contributed by atoms with van der Waals surface area (Å²) in [6.07, 6.45) is 0. The first-order valence-electron chi connectivity index (χ1n) is 6.32. The maximum absolute atomic E-state index is 12.0. The zero-order valence-electron chi connectivity index (χ0n) is 11.7. The van der Waals surface area contributed by atoms with Crippen LogP contribution in [0.1, 0.15) is 5.01 Å². The van der Waals surface area contributed by atoms with Gasteiger partial charge in [-0.25, -0.2) is 4.79 Å². The van der Waals surface area contributed by atoms with Crippen molar-refractivity contribution < 1.29 is 14.1 Å². The van der Waals surface area contributed by atoms with Crippen LogP contribution in [0.4, 0.5) is 10.8 Å². The van der Waals surface area contributed by atoms with E-state index < -0.39 is 16.6 Å². The molecular formula is C12H9N5O5S. The number of carbonyl (C=O) groups excluding carboxylic acids is 1. The van der Waals surface area contributed by atoms with E-state index in [1.54, 1.807) is 6.92 Å². The molecule has 0 atom stereocenters. The van der Waals surface area contributed by atoms with Gasteiger partial charge in [-0.2, -0.15) is 0 Å². The average Bonchev–Trinajstić information content (AvgIpc) is 3.02. The molecule has 0 spiro atoms. The van der Waals surface area contributed by atoms with Crippen molar-refractivity contribution in [3.63, 3.8) is 0 Å². The molecule has 0 aliphatic carbocycles. The number of benzene rings is 1. The number of nitro benzene ring substituents is 1. The van der Waals surface area contributed by atoms with Crippen LogP contribution in [-0.2, 0) is 11.3 Å². The molecule has 0 aliphatic heterocycles. The van der Waals surface area contributed by atoms with Gasteiger partial charge in [0.15, 0.2) is 5.58 Å². The number of nitrogens with one attached hydrogen (secondary N) is 1. The molecule has 0 aliphatic rings. The fourth-order valence-electron chi connectivity index (χ4n) is 1.97. The Labute approximate surface area is 131 Å². The van der Waals surface area contributed by atoms with Crippen molar-refractivity contribution in [2.45, 2.75) is 13.5 Å². The lowest BCUT2D eigenvalue weighted by atomic mass is 10.3. The van der Waals surface area contributed by atoms with E-state index >= 15 is 0 Å². The summed E-state index contributed by atoms with van der Waals surface area (Å²) in [7, 11) is 0. The third-order valence-electron chi connectivity index (χ3n) is 2.94. The second-order valence-corrected chi connectivity index (χ2v) is 5.72. The van der Waals surface area contributed by atoms with E-state index in [1.165, 1.54) is 23.5 Å². The van der Waals surface area contributed by atoms with E-state index in [2.05, 4.69) is 15.5 Å². The summed E-state index contributed by atoms with van der Waals surface area (Å²) in [5, 5.41) is 21.8. The van der Waals surface area contributed by atoms with E-state index in [0.717, 1.165) is 10.6 Å². The third kappa shape index (κ3) is 2.94. The molecule has 3 aromatic rings. The van der Waals surface area contributed by atoms with E-state index in [1.807, 2.05) is 0 Å². The van der Waals surface area contributed by atoms with E-state index in [0.29, 0.717) is 15.7 Å². The van der Waals surface area contributed by atoms with Gasteiger partial charge in [-0.3, -0.25) is 24.8 Å². The SMILES string of the molecule is Cc1nnc(NC(=O)Cn2c(=O)oc3cc([N+](=O)[O-])ccc32)s1. The maximum atomic E-state index is 12.0. The monoisotopic (exact) mass is 335 g/mol. The van der Waals surface area contributed by atoms with Gasteiger partial charge in [0.05, 0.1) is 16.5 Å². The Bertz CT molecular complexity index is 972. The van der Waals surface area contributed by atoms with Crippen LogP contribution in [0, 0.1) is 17.0 Å². The molecule has 3 rings (SSSR count). The van der Waals surface area contributed by atoms with Crippen LogP contribution in [0.2, 0.25) is 0 Å². The van der Waals surface area contributed by atoms with Crippen LogP contribution in [0.25, 0.3) is 11.1 Å². The van der Waals surface area contributed by atoms with Crippen molar-refractivity contribution in [1.29, 1.82) is 0 Å². The Morgan fingerprint density at radius 2 is 2.26 bits per heavy atom. The molecule has 0 unspecified atom stereocenters. The van der Waals surface area contributed by atoms with Crippen LogP contribution >= 0.6 is 11.3 Å². The van der Waals surface area contributed by atoms with E-state index in [4.69, 9.17) is 4.42 Å². The Balaban J connectivity index is 1.87. The molecular weight excluding hydrogens is 326 g/mol. The minimum Gasteiger partial charge on any atom is -0.407 e. The number of aromatic nitrogens is 3.